The van der Waals surface area contributed by atoms with E-state index in [1.165, 1.54) is 0 Å². The van der Waals surface area contributed by atoms with Crippen molar-refractivity contribution in [1.29, 1.82) is 0 Å². The van der Waals surface area contributed by atoms with Crippen molar-refractivity contribution >= 4 is 5.69 Å². The summed E-state index contributed by atoms with van der Waals surface area (Å²) in [5, 5.41) is 19.2. The van der Waals surface area contributed by atoms with Crippen molar-refractivity contribution in [2.45, 2.75) is 19.2 Å². The molecule has 18 heavy (non-hydrogen) atoms. The lowest BCUT2D eigenvalue weighted by molar-refractivity contribution is -0.389. The fourth-order valence-electron chi connectivity index (χ4n) is 1.32. The van der Waals surface area contributed by atoms with Crippen molar-refractivity contribution in [1.82, 2.24) is 4.98 Å². The van der Waals surface area contributed by atoms with Gasteiger partial charge in [0, 0.05) is 6.20 Å². The van der Waals surface area contributed by atoms with Crippen LogP contribution in [0.5, 0.6) is 0 Å². The van der Waals surface area contributed by atoms with Crippen LogP contribution in [-0.4, -0.2) is 15.0 Å². The van der Waals surface area contributed by atoms with Crippen LogP contribution in [0.1, 0.15) is 23.2 Å². The average molecular weight is 272 g/mol. The summed E-state index contributed by atoms with van der Waals surface area (Å²) in [4.78, 5) is 11.9. The van der Waals surface area contributed by atoms with E-state index >= 15 is 0 Å². The van der Waals surface area contributed by atoms with Crippen LogP contribution in [0.4, 0.5) is 27.6 Å². The molecule has 0 amide bonds. The number of pyridine rings is 1. The third-order valence-corrected chi connectivity index (χ3v) is 2.00. The Hall–Kier alpha value is -1.84. The minimum atomic E-state index is -5.37. The van der Waals surface area contributed by atoms with Crippen molar-refractivity contribution in [3.8, 4) is 0 Å². The first kappa shape index (κ1) is 14.2. The van der Waals surface area contributed by atoms with Crippen LogP contribution in [-0.2, 0) is 12.8 Å². The highest BCUT2D eigenvalue weighted by molar-refractivity contribution is 5.50. The monoisotopic (exact) mass is 272 g/mol. The number of nitro groups is 1. The van der Waals surface area contributed by atoms with Gasteiger partial charge in [0.15, 0.2) is 5.56 Å². The second-order valence-electron chi connectivity index (χ2n) is 3.11. The molecule has 1 N–H and O–H groups in total. The van der Waals surface area contributed by atoms with Crippen molar-refractivity contribution in [2.24, 2.45) is 0 Å². The molecule has 5 nitrogen and oxygen atoms in total. The minimum absolute atomic E-state index is 0.425. The van der Waals surface area contributed by atoms with E-state index in [-0.39, 0.29) is 0 Å². The second kappa shape index (κ2) is 4.80. The van der Waals surface area contributed by atoms with Crippen LogP contribution in [0.25, 0.3) is 0 Å². The summed E-state index contributed by atoms with van der Waals surface area (Å²) in [5.74, 6) is 0. The van der Waals surface area contributed by atoms with E-state index in [4.69, 9.17) is 5.11 Å². The Morgan fingerprint density at radius 2 is 2.00 bits per heavy atom. The molecule has 0 unspecified atom stereocenters. The molecule has 0 atom stereocenters. The molecule has 0 aromatic carbocycles. The van der Waals surface area contributed by atoms with Crippen LogP contribution in [0.2, 0.25) is 0 Å². The molecule has 1 aromatic heterocycles. The molecule has 0 saturated heterocycles. The number of alkyl halides is 5. The highest BCUT2D eigenvalue weighted by atomic mass is 19.4. The summed E-state index contributed by atoms with van der Waals surface area (Å²) in [6.45, 7) is -1.12. The maximum Gasteiger partial charge on any atom is 0.425 e. The maximum absolute atomic E-state index is 12.6. The van der Waals surface area contributed by atoms with Crippen LogP contribution >= 0.6 is 0 Å². The molecule has 0 aliphatic heterocycles. The van der Waals surface area contributed by atoms with Crippen molar-refractivity contribution in [3.63, 3.8) is 0 Å². The number of hydrogen-bond acceptors (Lipinski definition) is 4. The Balaban J connectivity index is 3.71. The van der Waals surface area contributed by atoms with E-state index in [0.29, 0.717) is 6.20 Å². The summed E-state index contributed by atoms with van der Waals surface area (Å²) >= 11 is 0. The highest BCUT2D eigenvalue weighted by Crippen LogP contribution is 2.42. The van der Waals surface area contributed by atoms with Gasteiger partial charge in [-0.25, -0.2) is 8.78 Å². The topological polar surface area (TPSA) is 76.3 Å². The fraction of sp³-hybridized carbons (Fsp3) is 0.375. The summed E-state index contributed by atoms with van der Waals surface area (Å²) in [5.41, 5.74) is -6.24. The largest absolute Gasteiger partial charge is 0.425 e. The first-order valence-corrected chi connectivity index (χ1v) is 4.32. The zero-order valence-electron chi connectivity index (χ0n) is 8.41. The number of hydrogen-bond donors (Lipinski definition) is 1. The fourth-order valence-corrected chi connectivity index (χ4v) is 1.32. The molecule has 1 rings (SSSR count). The number of halogens is 5. The molecule has 0 spiro atoms. The normalized spacial score (nSPS) is 11.9. The van der Waals surface area contributed by atoms with Gasteiger partial charge in [0.2, 0.25) is 0 Å². The Morgan fingerprint density at radius 3 is 2.33 bits per heavy atom. The van der Waals surface area contributed by atoms with Gasteiger partial charge in [-0.05, 0) is 0 Å². The first-order chi connectivity index (χ1) is 8.20. The Kier molecular flexibility index (Phi) is 3.79. The molecule has 0 radical (unpaired) electrons. The van der Waals surface area contributed by atoms with E-state index in [1.807, 2.05) is 0 Å². The van der Waals surface area contributed by atoms with Crippen LogP contribution in [0.3, 0.4) is 0 Å². The van der Waals surface area contributed by atoms with Crippen LogP contribution < -0.4 is 0 Å². The maximum atomic E-state index is 12.6. The van der Waals surface area contributed by atoms with Crippen LogP contribution in [0, 0.1) is 10.1 Å². The lowest BCUT2D eigenvalue weighted by Gasteiger charge is -2.13. The third kappa shape index (κ3) is 2.53. The molecule has 0 saturated carbocycles. The van der Waals surface area contributed by atoms with Crippen molar-refractivity contribution in [2.75, 3.05) is 0 Å². The zero-order valence-corrected chi connectivity index (χ0v) is 8.41. The van der Waals surface area contributed by atoms with Crippen molar-refractivity contribution < 1.29 is 32.0 Å². The van der Waals surface area contributed by atoms with Gasteiger partial charge >= 0.3 is 6.18 Å². The van der Waals surface area contributed by atoms with Gasteiger partial charge in [-0.15, -0.1) is 0 Å². The molecular formula is C8H5F5N2O3. The SMILES string of the molecule is O=[N+]([O-])c1c(CO)cnc(C(F)F)c1C(F)(F)F. The molecule has 1 heterocycles. The number of aliphatic hydroxyl groups is 1. The number of aromatic nitrogens is 1. The van der Waals surface area contributed by atoms with Crippen molar-refractivity contribution in [3.05, 3.63) is 33.1 Å². The van der Waals surface area contributed by atoms with E-state index in [2.05, 4.69) is 4.98 Å². The van der Waals surface area contributed by atoms with Crippen LogP contribution in [0.15, 0.2) is 6.20 Å². The lowest BCUT2D eigenvalue weighted by atomic mass is 10.1. The molecule has 10 heteroatoms. The van der Waals surface area contributed by atoms with Gasteiger partial charge in [-0.3, -0.25) is 15.1 Å². The standard InChI is InChI=1S/C8H5F5N2O3/c9-7(10)5-4(8(11,12)13)6(15(17)18)3(2-16)1-14-5/h1,7,16H,2H2. The summed E-state index contributed by atoms with van der Waals surface area (Å²) in [6.07, 6.45) is -8.56. The molecule has 0 aliphatic carbocycles. The molecule has 0 fully saturated rings. The Labute approximate surface area is 96.0 Å². The number of rotatable bonds is 3. The predicted molar refractivity (Wildman–Crippen MR) is 46.8 cm³/mol. The first-order valence-electron chi connectivity index (χ1n) is 4.32. The number of aliphatic hydroxyl groups excluding tert-OH is 1. The molecule has 0 bridgehead atoms. The van der Waals surface area contributed by atoms with Gasteiger partial charge in [-0.1, -0.05) is 0 Å². The van der Waals surface area contributed by atoms with E-state index in [0.717, 1.165) is 0 Å². The van der Waals surface area contributed by atoms with E-state index < -0.39 is 46.6 Å². The van der Waals surface area contributed by atoms with Gasteiger partial charge in [0.05, 0.1) is 17.1 Å². The summed E-state index contributed by atoms with van der Waals surface area (Å²) in [6, 6.07) is 0. The molecule has 100 valence electrons. The molecule has 0 aliphatic rings. The molecule has 1 aromatic rings. The summed E-state index contributed by atoms with van der Waals surface area (Å²) in [7, 11) is 0. The van der Waals surface area contributed by atoms with Gasteiger partial charge in [0.1, 0.15) is 5.69 Å². The summed E-state index contributed by atoms with van der Waals surface area (Å²) < 4.78 is 62.5. The Bertz CT molecular complexity index is 475. The van der Waals surface area contributed by atoms with Gasteiger partial charge in [-0.2, -0.15) is 13.2 Å². The highest BCUT2D eigenvalue weighted by Gasteiger charge is 2.45. The number of nitrogens with zero attached hydrogens (tertiary/aromatic N) is 2. The third-order valence-electron chi connectivity index (χ3n) is 2.00. The van der Waals surface area contributed by atoms with Gasteiger partial charge in [0.25, 0.3) is 12.1 Å². The van der Waals surface area contributed by atoms with E-state index in [1.54, 1.807) is 0 Å². The second-order valence-corrected chi connectivity index (χ2v) is 3.11. The van der Waals surface area contributed by atoms with Gasteiger partial charge < -0.3 is 5.11 Å². The quantitative estimate of drug-likeness (QED) is 0.521. The average Bonchev–Trinajstić information content (AvgIpc) is 2.25. The lowest BCUT2D eigenvalue weighted by Crippen LogP contribution is -2.16. The van der Waals surface area contributed by atoms with E-state index in [9.17, 15) is 32.1 Å². The Morgan fingerprint density at radius 1 is 1.44 bits per heavy atom. The smallest absolute Gasteiger partial charge is 0.391 e. The zero-order chi connectivity index (χ0) is 14.1. The minimum Gasteiger partial charge on any atom is -0.391 e. The predicted octanol–water partition coefficient (Wildman–Crippen LogP) is 2.44. The molecular weight excluding hydrogens is 267 g/mol.